The Morgan fingerprint density at radius 2 is 2.21 bits per heavy atom. The van der Waals surface area contributed by atoms with Crippen molar-refractivity contribution in [3.8, 4) is 10.7 Å². The van der Waals surface area contributed by atoms with Gasteiger partial charge in [-0.2, -0.15) is 0 Å². The number of nitrogens with two attached hydrogens (primary N) is 1. The highest BCUT2D eigenvalue weighted by atomic mass is 32.1. The topological polar surface area (TPSA) is 64.7 Å². The van der Waals surface area contributed by atoms with Crippen LogP contribution in [-0.4, -0.2) is 15.2 Å². The molecular formula is C9H10N4S. The summed E-state index contributed by atoms with van der Waals surface area (Å²) in [5.41, 5.74) is 7.53. The molecule has 0 aliphatic rings. The van der Waals surface area contributed by atoms with Crippen LogP contribution < -0.4 is 5.73 Å². The normalized spacial score (nSPS) is 10.4. The van der Waals surface area contributed by atoms with E-state index in [1.165, 1.54) is 16.9 Å². The third-order valence-corrected chi connectivity index (χ3v) is 2.67. The number of nitrogens with zero attached hydrogens (tertiary/aromatic N) is 3. The van der Waals surface area contributed by atoms with Crippen LogP contribution in [0.3, 0.4) is 0 Å². The van der Waals surface area contributed by atoms with Gasteiger partial charge in [-0.25, -0.2) is 0 Å². The van der Waals surface area contributed by atoms with Crippen molar-refractivity contribution in [3.63, 3.8) is 0 Å². The maximum Gasteiger partial charge on any atom is 0.203 e. The molecule has 5 heteroatoms. The number of nitrogen functional groups attached to an aromatic ring is 1. The molecule has 0 spiro atoms. The molecule has 0 unspecified atom stereocenters. The van der Waals surface area contributed by atoms with Crippen LogP contribution in [0.15, 0.2) is 18.3 Å². The van der Waals surface area contributed by atoms with Crippen LogP contribution in [0.5, 0.6) is 0 Å². The molecule has 0 saturated carbocycles. The molecule has 0 radical (unpaired) electrons. The highest BCUT2D eigenvalue weighted by Crippen LogP contribution is 2.22. The zero-order valence-electron chi connectivity index (χ0n) is 7.77. The fourth-order valence-corrected chi connectivity index (χ4v) is 1.68. The number of aromatic nitrogens is 3. The summed E-state index contributed by atoms with van der Waals surface area (Å²) in [6, 6.07) is 3.98. The van der Waals surface area contributed by atoms with E-state index in [1.54, 1.807) is 0 Å². The minimum absolute atomic E-state index is 0.473. The standard InChI is InChI=1S/C9H10N4S/c1-2-6-3-4-7(11-5-6)8-12-13-9(10)14-8/h3-5H,2H2,1H3,(H2,10,13). The van der Waals surface area contributed by atoms with Crippen LogP contribution in [0.4, 0.5) is 5.13 Å². The lowest BCUT2D eigenvalue weighted by Crippen LogP contribution is -1.85. The lowest BCUT2D eigenvalue weighted by atomic mass is 10.2. The highest BCUT2D eigenvalue weighted by molar-refractivity contribution is 7.18. The minimum Gasteiger partial charge on any atom is -0.374 e. The molecule has 2 N–H and O–H groups in total. The second-order valence-electron chi connectivity index (χ2n) is 2.85. The van der Waals surface area contributed by atoms with Crippen molar-refractivity contribution >= 4 is 16.5 Å². The van der Waals surface area contributed by atoms with Gasteiger partial charge in [-0.15, -0.1) is 10.2 Å². The molecule has 0 atom stereocenters. The molecule has 72 valence electrons. The van der Waals surface area contributed by atoms with E-state index < -0.39 is 0 Å². The molecule has 2 aromatic rings. The third kappa shape index (κ3) is 1.72. The van der Waals surface area contributed by atoms with Gasteiger partial charge in [-0.05, 0) is 18.1 Å². The van der Waals surface area contributed by atoms with Crippen molar-refractivity contribution < 1.29 is 0 Å². The molecule has 0 saturated heterocycles. The lowest BCUT2D eigenvalue weighted by molar-refractivity contribution is 1.08. The van der Waals surface area contributed by atoms with E-state index in [1.807, 2.05) is 18.3 Å². The molecule has 2 rings (SSSR count). The first-order valence-corrected chi connectivity index (χ1v) is 5.15. The first-order valence-electron chi connectivity index (χ1n) is 4.34. The number of hydrogen-bond acceptors (Lipinski definition) is 5. The number of rotatable bonds is 2. The van der Waals surface area contributed by atoms with Gasteiger partial charge in [0.25, 0.3) is 0 Å². The van der Waals surface area contributed by atoms with Crippen LogP contribution in [0.1, 0.15) is 12.5 Å². The van der Waals surface area contributed by atoms with E-state index >= 15 is 0 Å². The Labute approximate surface area is 85.8 Å². The third-order valence-electron chi connectivity index (χ3n) is 1.89. The van der Waals surface area contributed by atoms with Crippen LogP contribution >= 0.6 is 11.3 Å². The Morgan fingerprint density at radius 3 is 2.71 bits per heavy atom. The maximum absolute atomic E-state index is 5.49. The quantitative estimate of drug-likeness (QED) is 0.813. The van der Waals surface area contributed by atoms with E-state index in [0.717, 1.165) is 17.1 Å². The Balaban J connectivity index is 2.33. The van der Waals surface area contributed by atoms with Gasteiger partial charge in [-0.3, -0.25) is 4.98 Å². The Morgan fingerprint density at radius 1 is 1.36 bits per heavy atom. The predicted octanol–water partition coefficient (Wildman–Crippen LogP) is 1.74. The summed E-state index contributed by atoms with van der Waals surface area (Å²) >= 11 is 1.35. The van der Waals surface area contributed by atoms with Gasteiger partial charge in [0, 0.05) is 6.20 Å². The SMILES string of the molecule is CCc1ccc(-c2nnc(N)s2)nc1. The smallest absolute Gasteiger partial charge is 0.203 e. The molecular weight excluding hydrogens is 196 g/mol. The van der Waals surface area contributed by atoms with Gasteiger partial charge in [-0.1, -0.05) is 24.3 Å². The number of anilines is 1. The number of hydrogen-bond donors (Lipinski definition) is 1. The fraction of sp³-hybridized carbons (Fsp3) is 0.222. The van der Waals surface area contributed by atoms with E-state index in [0.29, 0.717) is 5.13 Å². The van der Waals surface area contributed by atoms with Crippen LogP contribution in [0, 0.1) is 0 Å². The molecule has 14 heavy (non-hydrogen) atoms. The van der Waals surface area contributed by atoms with Gasteiger partial charge >= 0.3 is 0 Å². The van der Waals surface area contributed by atoms with Crippen molar-refractivity contribution in [2.75, 3.05) is 5.73 Å². The lowest BCUT2D eigenvalue weighted by Gasteiger charge is -1.96. The Bertz CT molecular complexity index is 421. The van der Waals surface area contributed by atoms with E-state index in [-0.39, 0.29) is 0 Å². The first kappa shape index (κ1) is 9.08. The van der Waals surface area contributed by atoms with Crippen LogP contribution in [-0.2, 0) is 6.42 Å². The molecule has 0 bridgehead atoms. The van der Waals surface area contributed by atoms with Crippen molar-refractivity contribution in [1.29, 1.82) is 0 Å². The fourth-order valence-electron chi connectivity index (χ4n) is 1.10. The van der Waals surface area contributed by atoms with Crippen molar-refractivity contribution in [2.45, 2.75) is 13.3 Å². The maximum atomic E-state index is 5.49. The molecule has 0 aliphatic heterocycles. The van der Waals surface area contributed by atoms with Gasteiger partial charge in [0.1, 0.15) is 5.69 Å². The average Bonchev–Trinajstić information content (AvgIpc) is 2.65. The summed E-state index contributed by atoms with van der Waals surface area (Å²) in [5, 5.41) is 8.91. The number of aryl methyl sites for hydroxylation is 1. The summed E-state index contributed by atoms with van der Waals surface area (Å²) in [7, 11) is 0. The monoisotopic (exact) mass is 206 g/mol. The molecule has 0 amide bonds. The summed E-state index contributed by atoms with van der Waals surface area (Å²) < 4.78 is 0. The van der Waals surface area contributed by atoms with Crippen molar-refractivity contribution in [3.05, 3.63) is 23.9 Å². The zero-order valence-corrected chi connectivity index (χ0v) is 8.58. The average molecular weight is 206 g/mol. The molecule has 0 aromatic carbocycles. The van der Waals surface area contributed by atoms with Crippen LogP contribution in [0.25, 0.3) is 10.7 Å². The van der Waals surface area contributed by atoms with Gasteiger partial charge in [0.15, 0.2) is 5.01 Å². The Hall–Kier alpha value is -1.49. The molecule has 0 fully saturated rings. The Kier molecular flexibility index (Phi) is 2.41. The molecule has 2 heterocycles. The van der Waals surface area contributed by atoms with Gasteiger partial charge in [0.05, 0.1) is 0 Å². The number of pyridine rings is 1. The van der Waals surface area contributed by atoms with Gasteiger partial charge < -0.3 is 5.73 Å². The van der Waals surface area contributed by atoms with Crippen molar-refractivity contribution in [2.24, 2.45) is 0 Å². The highest BCUT2D eigenvalue weighted by Gasteiger charge is 2.04. The summed E-state index contributed by atoms with van der Waals surface area (Å²) in [6.45, 7) is 2.10. The second-order valence-corrected chi connectivity index (χ2v) is 3.86. The summed E-state index contributed by atoms with van der Waals surface area (Å²) in [6.07, 6.45) is 2.85. The summed E-state index contributed by atoms with van der Waals surface area (Å²) in [4.78, 5) is 4.29. The first-order chi connectivity index (χ1) is 6.79. The summed E-state index contributed by atoms with van der Waals surface area (Å²) in [5.74, 6) is 0. The molecule has 4 nitrogen and oxygen atoms in total. The minimum atomic E-state index is 0.473. The molecule has 2 aromatic heterocycles. The predicted molar refractivity (Wildman–Crippen MR) is 56.9 cm³/mol. The van der Waals surface area contributed by atoms with Crippen LogP contribution in [0.2, 0.25) is 0 Å². The van der Waals surface area contributed by atoms with E-state index in [2.05, 4.69) is 22.1 Å². The second kappa shape index (κ2) is 3.71. The zero-order chi connectivity index (χ0) is 9.97. The largest absolute Gasteiger partial charge is 0.374 e. The molecule has 0 aliphatic carbocycles. The van der Waals surface area contributed by atoms with Gasteiger partial charge in [0.2, 0.25) is 5.13 Å². The van der Waals surface area contributed by atoms with E-state index in [4.69, 9.17) is 5.73 Å². The van der Waals surface area contributed by atoms with E-state index in [9.17, 15) is 0 Å². The van der Waals surface area contributed by atoms with Crippen molar-refractivity contribution in [1.82, 2.24) is 15.2 Å².